The third-order valence-electron chi connectivity index (χ3n) is 2.72. The zero-order valence-corrected chi connectivity index (χ0v) is 12.6. The number of nitrogens with one attached hydrogen (secondary N) is 2. The molecule has 0 aliphatic heterocycles. The van der Waals surface area contributed by atoms with Crippen LogP contribution in [0.15, 0.2) is 53.3 Å². The van der Waals surface area contributed by atoms with Gasteiger partial charge in [0.2, 0.25) is 5.91 Å². The monoisotopic (exact) mass is 333 g/mol. The molecule has 2 rings (SSSR count). The standard InChI is InChI=1S/C15H16BrN3O/c16-13-4-1-5-14(9-13)18-8-6-15(20)19-11-12-3-2-7-17-10-12/h1-5,7,9-10,18H,6,8,11H2,(H,19,20). The first-order valence-corrected chi connectivity index (χ1v) is 7.18. The van der Waals surface area contributed by atoms with Crippen molar-refractivity contribution in [1.82, 2.24) is 10.3 Å². The molecule has 2 N–H and O–H groups in total. The van der Waals surface area contributed by atoms with E-state index in [1.165, 1.54) is 0 Å². The predicted molar refractivity (Wildman–Crippen MR) is 83.3 cm³/mol. The van der Waals surface area contributed by atoms with Crippen LogP contribution in [0.4, 0.5) is 5.69 Å². The first kappa shape index (κ1) is 14.5. The van der Waals surface area contributed by atoms with Gasteiger partial charge in [-0.25, -0.2) is 0 Å². The average Bonchev–Trinajstić information content (AvgIpc) is 2.46. The van der Waals surface area contributed by atoms with Crippen molar-refractivity contribution < 1.29 is 4.79 Å². The number of anilines is 1. The number of pyridine rings is 1. The van der Waals surface area contributed by atoms with Gasteiger partial charge in [-0.2, -0.15) is 0 Å². The minimum Gasteiger partial charge on any atom is -0.384 e. The lowest BCUT2D eigenvalue weighted by Crippen LogP contribution is -2.24. The normalized spacial score (nSPS) is 10.1. The number of amides is 1. The minimum atomic E-state index is 0.0244. The van der Waals surface area contributed by atoms with Crippen molar-refractivity contribution >= 4 is 27.5 Å². The highest BCUT2D eigenvalue weighted by atomic mass is 79.9. The Morgan fingerprint density at radius 3 is 2.90 bits per heavy atom. The van der Waals surface area contributed by atoms with E-state index < -0.39 is 0 Å². The largest absolute Gasteiger partial charge is 0.384 e. The van der Waals surface area contributed by atoms with Crippen LogP contribution in [0.1, 0.15) is 12.0 Å². The Morgan fingerprint density at radius 2 is 2.15 bits per heavy atom. The summed E-state index contributed by atoms with van der Waals surface area (Å²) in [5.74, 6) is 0.0244. The molecule has 1 aromatic carbocycles. The molecule has 104 valence electrons. The lowest BCUT2D eigenvalue weighted by atomic mass is 10.2. The zero-order chi connectivity index (χ0) is 14.2. The lowest BCUT2D eigenvalue weighted by molar-refractivity contribution is -0.121. The summed E-state index contributed by atoms with van der Waals surface area (Å²) in [7, 11) is 0. The van der Waals surface area contributed by atoms with E-state index in [1.54, 1.807) is 12.4 Å². The van der Waals surface area contributed by atoms with Crippen molar-refractivity contribution in [1.29, 1.82) is 0 Å². The molecule has 0 fully saturated rings. The van der Waals surface area contributed by atoms with Gasteiger partial charge in [0.25, 0.3) is 0 Å². The van der Waals surface area contributed by atoms with E-state index in [0.717, 1.165) is 15.7 Å². The average molecular weight is 334 g/mol. The third kappa shape index (κ3) is 5.01. The number of nitrogens with zero attached hydrogens (tertiary/aromatic N) is 1. The quantitative estimate of drug-likeness (QED) is 0.854. The highest BCUT2D eigenvalue weighted by molar-refractivity contribution is 9.10. The van der Waals surface area contributed by atoms with Gasteiger partial charge in [-0.1, -0.05) is 28.1 Å². The van der Waals surface area contributed by atoms with E-state index >= 15 is 0 Å². The summed E-state index contributed by atoms with van der Waals surface area (Å²) in [5.41, 5.74) is 2.00. The lowest BCUT2D eigenvalue weighted by Gasteiger charge is -2.07. The summed E-state index contributed by atoms with van der Waals surface area (Å²) in [5, 5.41) is 6.08. The van der Waals surface area contributed by atoms with Crippen LogP contribution in [0.25, 0.3) is 0 Å². The fraction of sp³-hybridized carbons (Fsp3) is 0.200. The molecular weight excluding hydrogens is 318 g/mol. The molecule has 0 aliphatic rings. The Morgan fingerprint density at radius 1 is 1.25 bits per heavy atom. The van der Waals surface area contributed by atoms with E-state index in [-0.39, 0.29) is 5.91 Å². The molecule has 2 aromatic rings. The molecule has 0 saturated heterocycles. The molecule has 0 saturated carbocycles. The summed E-state index contributed by atoms with van der Waals surface area (Å²) in [6.07, 6.45) is 3.90. The molecular formula is C15H16BrN3O. The van der Waals surface area contributed by atoms with Crippen LogP contribution >= 0.6 is 15.9 Å². The Balaban J connectivity index is 1.68. The Kier molecular flexibility index (Phi) is 5.55. The molecule has 1 amide bonds. The highest BCUT2D eigenvalue weighted by Gasteiger charge is 2.01. The maximum atomic E-state index is 11.7. The maximum Gasteiger partial charge on any atom is 0.222 e. The van der Waals surface area contributed by atoms with E-state index in [4.69, 9.17) is 0 Å². The van der Waals surface area contributed by atoms with Crippen molar-refractivity contribution in [2.24, 2.45) is 0 Å². The molecule has 1 heterocycles. The van der Waals surface area contributed by atoms with Crippen LogP contribution in [0.5, 0.6) is 0 Å². The third-order valence-corrected chi connectivity index (χ3v) is 3.21. The number of benzene rings is 1. The van der Waals surface area contributed by atoms with Gasteiger partial charge in [0.05, 0.1) is 0 Å². The molecule has 20 heavy (non-hydrogen) atoms. The van der Waals surface area contributed by atoms with Gasteiger partial charge in [-0.05, 0) is 29.8 Å². The molecule has 0 aliphatic carbocycles. The topological polar surface area (TPSA) is 54.0 Å². The second-order valence-electron chi connectivity index (χ2n) is 4.33. The summed E-state index contributed by atoms with van der Waals surface area (Å²) in [6.45, 7) is 1.12. The van der Waals surface area contributed by atoms with Gasteiger partial charge >= 0.3 is 0 Å². The van der Waals surface area contributed by atoms with Crippen LogP contribution in [-0.4, -0.2) is 17.4 Å². The molecule has 4 nitrogen and oxygen atoms in total. The van der Waals surface area contributed by atoms with Gasteiger partial charge < -0.3 is 10.6 Å². The van der Waals surface area contributed by atoms with E-state index in [1.807, 2.05) is 36.4 Å². The van der Waals surface area contributed by atoms with Gasteiger partial charge in [-0.3, -0.25) is 9.78 Å². The number of halogens is 1. The van der Waals surface area contributed by atoms with Crippen molar-refractivity contribution in [2.75, 3.05) is 11.9 Å². The molecule has 1 aromatic heterocycles. The van der Waals surface area contributed by atoms with Crippen molar-refractivity contribution in [3.05, 3.63) is 58.8 Å². The van der Waals surface area contributed by atoms with E-state index in [2.05, 4.69) is 31.5 Å². The molecule has 0 unspecified atom stereocenters. The van der Waals surface area contributed by atoms with Crippen LogP contribution in [-0.2, 0) is 11.3 Å². The van der Waals surface area contributed by atoms with Crippen LogP contribution in [0, 0.1) is 0 Å². The van der Waals surface area contributed by atoms with Crippen LogP contribution in [0.3, 0.4) is 0 Å². The summed E-state index contributed by atoms with van der Waals surface area (Å²) >= 11 is 3.41. The number of carbonyl (C=O) groups is 1. The first-order valence-electron chi connectivity index (χ1n) is 6.39. The fourth-order valence-electron chi connectivity index (χ4n) is 1.71. The Labute approximate surface area is 126 Å². The van der Waals surface area contributed by atoms with Gasteiger partial charge in [-0.15, -0.1) is 0 Å². The van der Waals surface area contributed by atoms with E-state index in [0.29, 0.717) is 19.5 Å². The van der Waals surface area contributed by atoms with Crippen LogP contribution in [0.2, 0.25) is 0 Å². The van der Waals surface area contributed by atoms with E-state index in [9.17, 15) is 4.79 Å². The molecule has 0 atom stereocenters. The number of aromatic nitrogens is 1. The van der Waals surface area contributed by atoms with Crippen molar-refractivity contribution in [2.45, 2.75) is 13.0 Å². The van der Waals surface area contributed by atoms with Crippen LogP contribution < -0.4 is 10.6 Å². The van der Waals surface area contributed by atoms with Crippen molar-refractivity contribution in [3.8, 4) is 0 Å². The molecule has 0 radical (unpaired) electrons. The van der Waals surface area contributed by atoms with Gasteiger partial charge in [0.1, 0.15) is 0 Å². The number of carbonyl (C=O) groups excluding carboxylic acids is 1. The number of rotatable bonds is 6. The highest BCUT2D eigenvalue weighted by Crippen LogP contribution is 2.15. The molecule has 0 spiro atoms. The first-order chi connectivity index (χ1) is 9.74. The zero-order valence-electron chi connectivity index (χ0n) is 11.0. The summed E-state index contributed by atoms with van der Waals surface area (Å²) in [4.78, 5) is 15.7. The molecule has 0 bridgehead atoms. The number of hydrogen-bond acceptors (Lipinski definition) is 3. The maximum absolute atomic E-state index is 11.7. The smallest absolute Gasteiger partial charge is 0.222 e. The Hall–Kier alpha value is -1.88. The predicted octanol–water partition coefficient (Wildman–Crippen LogP) is 2.96. The Bertz CT molecular complexity index is 560. The SMILES string of the molecule is O=C(CCNc1cccc(Br)c1)NCc1cccnc1. The summed E-state index contributed by atoms with van der Waals surface area (Å²) in [6, 6.07) is 11.7. The summed E-state index contributed by atoms with van der Waals surface area (Å²) < 4.78 is 1.02. The fourth-order valence-corrected chi connectivity index (χ4v) is 2.11. The molecule has 5 heteroatoms. The van der Waals surface area contributed by atoms with Gasteiger partial charge in [0, 0.05) is 42.1 Å². The minimum absolute atomic E-state index is 0.0244. The second kappa shape index (κ2) is 7.65. The second-order valence-corrected chi connectivity index (χ2v) is 5.24. The number of hydrogen-bond donors (Lipinski definition) is 2. The van der Waals surface area contributed by atoms with Gasteiger partial charge in [0.15, 0.2) is 0 Å². The van der Waals surface area contributed by atoms with Crippen molar-refractivity contribution in [3.63, 3.8) is 0 Å².